The lowest BCUT2D eigenvalue weighted by Gasteiger charge is -2.13. The lowest BCUT2D eigenvalue weighted by molar-refractivity contribution is 0.574. The molecule has 5 nitrogen and oxygen atoms in total. The van der Waals surface area contributed by atoms with Gasteiger partial charge in [0.1, 0.15) is 5.52 Å². The van der Waals surface area contributed by atoms with Crippen LogP contribution in [0.1, 0.15) is 5.69 Å². The van der Waals surface area contributed by atoms with E-state index in [-0.39, 0.29) is 0 Å². The van der Waals surface area contributed by atoms with E-state index in [1.807, 2.05) is 54.0 Å². The number of nitrogens with zero attached hydrogens (tertiary/aromatic N) is 4. The van der Waals surface area contributed by atoms with Gasteiger partial charge in [-0.2, -0.15) is 10.1 Å². The minimum absolute atomic E-state index is 0.623. The van der Waals surface area contributed by atoms with Crippen LogP contribution in [0.4, 0.5) is 6.01 Å². The topological polar surface area (TPSA) is 47.1 Å². The van der Waals surface area contributed by atoms with E-state index in [1.165, 1.54) is 0 Å². The molecule has 0 aliphatic rings. The Labute approximate surface area is 105 Å². The van der Waals surface area contributed by atoms with Crippen molar-refractivity contribution in [3.8, 4) is 0 Å². The van der Waals surface area contributed by atoms with Gasteiger partial charge in [0.25, 0.3) is 6.01 Å². The molecule has 0 aliphatic carbocycles. The largest absolute Gasteiger partial charge is 0.423 e. The number of hydrogen-bond acceptors (Lipinski definition) is 4. The molecule has 0 amide bonds. The highest BCUT2D eigenvalue weighted by Crippen LogP contribution is 2.21. The molecule has 0 fully saturated rings. The van der Waals surface area contributed by atoms with Crippen LogP contribution in [0.15, 0.2) is 40.9 Å². The molecule has 0 bridgehead atoms. The van der Waals surface area contributed by atoms with Crippen LogP contribution in [0.5, 0.6) is 0 Å². The fourth-order valence-electron chi connectivity index (χ4n) is 1.89. The smallest absolute Gasteiger partial charge is 0.298 e. The molecule has 0 saturated carbocycles. The molecule has 0 atom stereocenters. The van der Waals surface area contributed by atoms with E-state index in [4.69, 9.17) is 4.42 Å². The minimum atomic E-state index is 0.623. The normalized spacial score (nSPS) is 11.0. The monoisotopic (exact) mass is 242 g/mol. The molecule has 2 heterocycles. The molecule has 3 aromatic rings. The van der Waals surface area contributed by atoms with Crippen molar-refractivity contribution in [1.82, 2.24) is 14.8 Å². The van der Waals surface area contributed by atoms with Crippen LogP contribution in [-0.2, 0) is 13.6 Å². The number of aryl methyl sites for hydroxylation is 1. The molecule has 0 saturated heterocycles. The van der Waals surface area contributed by atoms with E-state index in [1.54, 1.807) is 6.20 Å². The highest BCUT2D eigenvalue weighted by molar-refractivity contribution is 5.74. The number of para-hydroxylation sites is 2. The molecule has 2 aromatic heterocycles. The van der Waals surface area contributed by atoms with Crippen LogP contribution >= 0.6 is 0 Å². The molecular formula is C13H14N4O. The maximum absolute atomic E-state index is 5.70. The summed E-state index contributed by atoms with van der Waals surface area (Å²) in [6, 6.07) is 10.4. The van der Waals surface area contributed by atoms with E-state index < -0.39 is 0 Å². The number of aromatic nitrogens is 3. The quantitative estimate of drug-likeness (QED) is 0.706. The Hall–Kier alpha value is -2.30. The van der Waals surface area contributed by atoms with Crippen LogP contribution in [0.3, 0.4) is 0 Å². The second kappa shape index (κ2) is 4.18. The van der Waals surface area contributed by atoms with E-state index in [9.17, 15) is 0 Å². The van der Waals surface area contributed by atoms with Crippen molar-refractivity contribution in [1.29, 1.82) is 0 Å². The van der Waals surface area contributed by atoms with Crippen molar-refractivity contribution >= 4 is 17.1 Å². The lowest BCUT2D eigenvalue weighted by Crippen LogP contribution is -2.18. The average Bonchev–Trinajstić information content (AvgIpc) is 2.96. The van der Waals surface area contributed by atoms with Gasteiger partial charge in [0.05, 0.1) is 12.2 Å². The predicted octanol–water partition coefficient (Wildman–Crippen LogP) is 2.20. The van der Waals surface area contributed by atoms with Crippen molar-refractivity contribution in [2.45, 2.75) is 6.54 Å². The van der Waals surface area contributed by atoms with E-state index in [0.717, 1.165) is 16.8 Å². The molecule has 3 rings (SSSR count). The average molecular weight is 242 g/mol. The van der Waals surface area contributed by atoms with Crippen molar-refractivity contribution in [2.24, 2.45) is 7.05 Å². The van der Waals surface area contributed by atoms with Crippen LogP contribution in [-0.4, -0.2) is 21.8 Å². The Balaban J connectivity index is 1.88. The maximum atomic E-state index is 5.70. The zero-order valence-corrected chi connectivity index (χ0v) is 10.4. The van der Waals surface area contributed by atoms with E-state index in [0.29, 0.717) is 12.6 Å². The number of hydrogen-bond donors (Lipinski definition) is 0. The van der Waals surface area contributed by atoms with Gasteiger partial charge in [-0.3, -0.25) is 4.68 Å². The van der Waals surface area contributed by atoms with Crippen molar-refractivity contribution < 1.29 is 4.42 Å². The van der Waals surface area contributed by atoms with Gasteiger partial charge in [-0.15, -0.1) is 0 Å². The highest BCUT2D eigenvalue weighted by atomic mass is 16.4. The second-order valence-corrected chi connectivity index (χ2v) is 4.27. The van der Waals surface area contributed by atoms with E-state index in [2.05, 4.69) is 10.1 Å². The summed E-state index contributed by atoms with van der Waals surface area (Å²) < 4.78 is 7.55. The third kappa shape index (κ3) is 1.84. The highest BCUT2D eigenvalue weighted by Gasteiger charge is 2.11. The molecule has 0 radical (unpaired) electrons. The number of anilines is 1. The Morgan fingerprint density at radius 2 is 2.11 bits per heavy atom. The minimum Gasteiger partial charge on any atom is -0.423 e. The Bertz CT molecular complexity index is 637. The zero-order valence-electron chi connectivity index (χ0n) is 10.4. The SMILES string of the molecule is CN(Cc1ccnn1C)c1nc2ccccc2o1. The molecule has 0 spiro atoms. The van der Waals surface area contributed by atoms with Gasteiger partial charge in [0, 0.05) is 20.3 Å². The second-order valence-electron chi connectivity index (χ2n) is 4.27. The molecule has 0 aliphatic heterocycles. The standard InChI is InChI=1S/C13H14N4O/c1-16(9-10-7-8-14-17(10)2)13-15-11-5-3-4-6-12(11)18-13/h3-8H,9H2,1-2H3. The first-order chi connectivity index (χ1) is 8.74. The number of oxazole rings is 1. The van der Waals surface area contributed by atoms with Gasteiger partial charge in [-0.05, 0) is 18.2 Å². The first kappa shape index (κ1) is 10.8. The van der Waals surface area contributed by atoms with Gasteiger partial charge < -0.3 is 9.32 Å². The summed E-state index contributed by atoms with van der Waals surface area (Å²) in [6.07, 6.45) is 1.79. The number of fused-ring (bicyclic) bond motifs is 1. The first-order valence-electron chi connectivity index (χ1n) is 5.77. The van der Waals surface area contributed by atoms with Crippen LogP contribution in [0.2, 0.25) is 0 Å². The molecule has 1 aromatic carbocycles. The lowest BCUT2D eigenvalue weighted by atomic mass is 10.3. The summed E-state index contributed by atoms with van der Waals surface area (Å²) in [4.78, 5) is 6.42. The summed E-state index contributed by atoms with van der Waals surface area (Å²) in [5.41, 5.74) is 2.80. The molecule has 5 heteroatoms. The van der Waals surface area contributed by atoms with Crippen molar-refractivity contribution in [3.05, 3.63) is 42.2 Å². The molecule has 0 unspecified atom stereocenters. The number of benzene rings is 1. The van der Waals surface area contributed by atoms with Gasteiger partial charge in [-0.25, -0.2) is 0 Å². The van der Waals surface area contributed by atoms with Gasteiger partial charge in [0.15, 0.2) is 5.58 Å². The molecule has 0 N–H and O–H groups in total. The summed E-state index contributed by atoms with van der Waals surface area (Å²) in [6.45, 7) is 0.712. The molecule has 18 heavy (non-hydrogen) atoms. The number of rotatable bonds is 3. The Morgan fingerprint density at radius 1 is 1.28 bits per heavy atom. The van der Waals surface area contributed by atoms with Crippen molar-refractivity contribution in [2.75, 3.05) is 11.9 Å². The van der Waals surface area contributed by atoms with E-state index >= 15 is 0 Å². The maximum Gasteiger partial charge on any atom is 0.298 e. The van der Waals surface area contributed by atoms with Gasteiger partial charge in [-0.1, -0.05) is 12.1 Å². The Kier molecular flexibility index (Phi) is 2.51. The summed E-state index contributed by atoms with van der Waals surface area (Å²) in [5.74, 6) is 0. The third-order valence-corrected chi connectivity index (χ3v) is 2.93. The fourth-order valence-corrected chi connectivity index (χ4v) is 1.89. The van der Waals surface area contributed by atoms with Crippen LogP contribution < -0.4 is 4.90 Å². The fraction of sp³-hybridized carbons (Fsp3) is 0.231. The summed E-state index contributed by atoms with van der Waals surface area (Å²) in [5, 5.41) is 4.15. The van der Waals surface area contributed by atoms with Crippen LogP contribution in [0, 0.1) is 0 Å². The molecular weight excluding hydrogens is 228 g/mol. The summed E-state index contributed by atoms with van der Waals surface area (Å²) in [7, 11) is 3.88. The first-order valence-corrected chi connectivity index (χ1v) is 5.77. The van der Waals surface area contributed by atoms with Gasteiger partial charge in [0.2, 0.25) is 0 Å². The predicted molar refractivity (Wildman–Crippen MR) is 69.3 cm³/mol. The summed E-state index contributed by atoms with van der Waals surface area (Å²) >= 11 is 0. The van der Waals surface area contributed by atoms with Crippen LogP contribution in [0.25, 0.3) is 11.1 Å². The molecule has 92 valence electrons. The zero-order chi connectivity index (χ0) is 12.5. The third-order valence-electron chi connectivity index (χ3n) is 2.93. The Morgan fingerprint density at radius 3 is 2.83 bits per heavy atom. The van der Waals surface area contributed by atoms with Gasteiger partial charge >= 0.3 is 0 Å². The van der Waals surface area contributed by atoms with Crippen molar-refractivity contribution in [3.63, 3.8) is 0 Å².